The lowest BCUT2D eigenvalue weighted by Crippen LogP contribution is -2.54. The first-order valence-corrected chi connectivity index (χ1v) is 9.49. The van der Waals surface area contributed by atoms with Crippen LogP contribution in [0, 0.1) is 17.1 Å². The number of nitrogens with two attached hydrogens (primary N) is 1. The maximum atomic E-state index is 15.4. The Morgan fingerprint density at radius 3 is 2.71 bits per heavy atom. The summed E-state index contributed by atoms with van der Waals surface area (Å²) in [7, 11) is 0. The van der Waals surface area contributed by atoms with Crippen molar-refractivity contribution in [2.45, 2.75) is 43.2 Å². The Morgan fingerprint density at radius 2 is 2.10 bits per heavy atom. The molecular formula is C21H18F3N5O2. The molecule has 1 aromatic carbocycles. The van der Waals surface area contributed by atoms with Crippen LogP contribution in [-0.2, 0) is 10.3 Å². The van der Waals surface area contributed by atoms with Gasteiger partial charge >= 0.3 is 0 Å². The number of alkyl halides is 2. The van der Waals surface area contributed by atoms with Gasteiger partial charge in [-0.15, -0.1) is 0 Å². The van der Waals surface area contributed by atoms with Crippen LogP contribution in [0.3, 0.4) is 0 Å². The summed E-state index contributed by atoms with van der Waals surface area (Å²) < 4.78 is 49.8. The SMILES string of the molecule is C[C@]1(c2cc(NC(=O)c3ccc(C#N)cn3)ccc2F)N=C(N)O[C@H](C2(F)CC2)[C@@H]1F. The predicted octanol–water partition coefficient (Wildman–Crippen LogP) is 3.11. The molecule has 1 saturated carbocycles. The van der Waals surface area contributed by atoms with Crippen LogP contribution in [0.15, 0.2) is 41.5 Å². The fraction of sp³-hybridized carbons (Fsp3) is 0.333. The van der Waals surface area contributed by atoms with Crippen LogP contribution in [0.2, 0.25) is 0 Å². The van der Waals surface area contributed by atoms with E-state index >= 15 is 4.39 Å². The van der Waals surface area contributed by atoms with Crippen molar-refractivity contribution in [2.75, 3.05) is 5.32 Å². The molecule has 1 aromatic heterocycles. The molecule has 1 aliphatic carbocycles. The number of aromatic nitrogens is 1. The zero-order valence-electron chi connectivity index (χ0n) is 16.4. The Morgan fingerprint density at radius 1 is 1.35 bits per heavy atom. The Balaban J connectivity index is 1.64. The molecule has 0 unspecified atom stereocenters. The van der Waals surface area contributed by atoms with Crippen LogP contribution in [0.4, 0.5) is 18.9 Å². The molecule has 1 fully saturated rings. The molecule has 10 heteroatoms. The number of ether oxygens (including phenoxy) is 1. The van der Waals surface area contributed by atoms with Gasteiger partial charge in [-0.3, -0.25) is 4.79 Å². The number of nitrogens with one attached hydrogen (secondary N) is 1. The van der Waals surface area contributed by atoms with Gasteiger partial charge in [-0.25, -0.2) is 23.1 Å². The number of nitrogens with zero attached hydrogens (tertiary/aromatic N) is 3. The van der Waals surface area contributed by atoms with Crippen LogP contribution in [-0.4, -0.2) is 34.9 Å². The molecule has 4 rings (SSSR count). The van der Waals surface area contributed by atoms with Crippen molar-refractivity contribution in [1.29, 1.82) is 5.26 Å². The normalized spacial score (nSPS) is 26.2. The van der Waals surface area contributed by atoms with Gasteiger partial charge in [-0.05, 0) is 50.1 Å². The molecule has 7 nitrogen and oxygen atoms in total. The quantitative estimate of drug-likeness (QED) is 0.775. The number of amides is 1. The third kappa shape index (κ3) is 3.67. The van der Waals surface area contributed by atoms with Gasteiger partial charge < -0.3 is 15.8 Å². The standard InChI is InChI=1S/C21H18F3N5O2/c1-20(16(23)17(21(24)6-7-21)31-19(26)29-20)13-8-12(3-4-14(13)22)28-18(30)15-5-2-11(9-25)10-27-15/h2-5,8,10,16-17H,6-7H2,1H3,(H2,26,29)(H,28,30)/t16-,17-,20+/m0/s1. The number of anilines is 1. The number of amidine groups is 1. The summed E-state index contributed by atoms with van der Waals surface area (Å²) in [4.78, 5) is 20.3. The highest BCUT2D eigenvalue weighted by Crippen LogP contribution is 2.51. The first-order chi connectivity index (χ1) is 14.7. The van der Waals surface area contributed by atoms with E-state index in [-0.39, 0.29) is 35.3 Å². The van der Waals surface area contributed by atoms with Gasteiger partial charge in [0.05, 0.1) is 5.56 Å². The fourth-order valence-electron chi connectivity index (χ4n) is 3.56. The average Bonchev–Trinajstić information content (AvgIpc) is 3.50. The average molecular weight is 429 g/mol. The summed E-state index contributed by atoms with van der Waals surface area (Å²) in [6.07, 6.45) is -2.03. The minimum Gasteiger partial charge on any atom is -0.455 e. The van der Waals surface area contributed by atoms with Crippen molar-refractivity contribution in [2.24, 2.45) is 10.7 Å². The lowest BCUT2D eigenvalue weighted by molar-refractivity contribution is -0.0388. The highest BCUT2D eigenvalue weighted by Gasteiger charge is 2.62. The highest BCUT2D eigenvalue weighted by atomic mass is 19.2. The Labute approximate surface area is 175 Å². The number of benzene rings is 1. The van der Waals surface area contributed by atoms with E-state index in [9.17, 15) is 13.6 Å². The first-order valence-electron chi connectivity index (χ1n) is 9.49. The van der Waals surface area contributed by atoms with E-state index < -0.39 is 41.2 Å². The molecule has 0 spiro atoms. The van der Waals surface area contributed by atoms with E-state index in [2.05, 4.69) is 15.3 Å². The monoisotopic (exact) mass is 429 g/mol. The molecule has 1 aliphatic heterocycles. The minimum atomic E-state index is -2.01. The second-order valence-electron chi connectivity index (χ2n) is 7.77. The molecule has 2 heterocycles. The number of hydrogen-bond donors (Lipinski definition) is 2. The smallest absolute Gasteiger partial charge is 0.283 e. The van der Waals surface area contributed by atoms with Crippen molar-refractivity contribution in [3.05, 3.63) is 59.2 Å². The fourth-order valence-corrected chi connectivity index (χ4v) is 3.56. The van der Waals surface area contributed by atoms with Crippen molar-refractivity contribution in [3.8, 4) is 6.07 Å². The summed E-state index contributed by atoms with van der Waals surface area (Å²) in [6.45, 7) is 1.30. The summed E-state index contributed by atoms with van der Waals surface area (Å²) in [5.74, 6) is -1.40. The zero-order chi connectivity index (χ0) is 22.4. The van der Waals surface area contributed by atoms with E-state index in [0.29, 0.717) is 0 Å². The van der Waals surface area contributed by atoms with Gasteiger partial charge in [0.2, 0.25) is 0 Å². The molecule has 3 N–H and O–H groups in total. The number of carbonyl (C=O) groups excluding carboxylic acids is 1. The summed E-state index contributed by atoms with van der Waals surface area (Å²) in [5, 5.41) is 11.4. The molecule has 160 valence electrons. The maximum Gasteiger partial charge on any atom is 0.283 e. The van der Waals surface area contributed by atoms with Crippen LogP contribution in [0.1, 0.15) is 41.4 Å². The van der Waals surface area contributed by atoms with Crippen LogP contribution in [0.5, 0.6) is 0 Å². The lowest BCUT2D eigenvalue weighted by Gasteiger charge is -2.39. The number of carbonyl (C=O) groups is 1. The molecule has 0 bridgehead atoms. The predicted molar refractivity (Wildman–Crippen MR) is 105 cm³/mol. The van der Waals surface area contributed by atoms with Crippen molar-refractivity contribution in [1.82, 2.24) is 4.98 Å². The number of nitriles is 1. The molecule has 1 amide bonds. The third-order valence-corrected chi connectivity index (χ3v) is 5.53. The Hall–Kier alpha value is -3.61. The van der Waals surface area contributed by atoms with E-state index in [0.717, 1.165) is 6.07 Å². The third-order valence-electron chi connectivity index (χ3n) is 5.53. The van der Waals surface area contributed by atoms with Crippen molar-refractivity contribution < 1.29 is 22.7 Å². The van der Waals surface area contributed by atoms with Crippen LogP contribution >= 0.6 is 0 Å². The number of halogens is 3. The van der Waals surface area contributed by atoms with Gasteiger partial charge in [0, 0.05) is 17.4 Å². The maximum absolute atomic E-state index is 15.4. The molecule has 31 heavy (non-hydrogen) atoms. The second-order valence-corrected chi connectivity index (χ2v) is 7.77. The van der Waals surface area contributed by atoms with Gasteiger partial charge in [0.25, 0.3) is 11.9 Å². The van der Waals surface area contributed by atoms with Gasteiger partial charge in [0.1, 0.15) is 23.1 Å². The van der Waals surface area contributed by atoms with Crippen molar-refractivity contribution >= 4 is 17.6 Å². The highest BCUT2D eigenvalue weighted by molar-refractivity contribution is 6.02. The van der Waals surface area contributed by atoms with Crippen LogP contribution < -0.4 is 11.1 Å². The zero-order valence-corrected chi connectivity index (χ0v) is 16.4. The molecule has 2 aromatic rings. The summed E-state index contributed by atoms with van der Waals surface area (Å²) in [6, 6.07) is 7.81. The molecular weight excluding hydrogens is 411 g/mol. The minimum absolute atomic E-state index is 0.0287. The molecule has 0 saturated heterocycles. The largest absolute Gasteiger partial charge is 0.455 e. The van der Waals surface area contributed by atoms with Crippen LogP contribution in [0.25, 0.3) is 0 Å². The van der Waals surface area contributed by atoms with Gasteiger partial charge in [0.15, 0.2) is 17.9 Å². The number of pyridine rings is 1. The lowest BCUT2D eigenvalue weighted by atomic mass is 9.82. The molecule has 2 aliphatic rings. The van der Waals surface area contributed by atoms with Gasteiger partial charge in [-0.2, -0.15) is 5.26 Å². The number of aliphatic imine (C=N–C) groups is 1. The number of rotatable bonds is 4. The molecule has 3 atom stereocenters. The number of hydrogen-bond acceptors (Lipinski definition) is 6. The second kappa shape index (κ2) is 7.27. The van der Waals surface area contributed by atoms with E-state index in [4.69, 9.17) is 15.7 Å². The van der Waals surface area contributed by atoms with Crippen molar-refractivity contribution in [3.63, 3.8) is 0 Å². The first kappa shape index (κ1) is 20.7. The van der Waals surface area contributed by atoms with E-state index in [1.165, 1.54) is 37.4 Å². The van der Waals surface area contributed by atoms with Gasteiger partial charge in [-0.1, -0.05) is 0 Å². The topological polar surface area (TPSA) is 113 Å². The Kier molecular flexibility index (Phi) is 4.84. The van der Waals surface area contributed by atoms with E-state index in [1.807, 2.05) is 6.07 Å². The summed E-state index contributed by atoms with van der Waals surface area (Å²) in [5.41, 5.74) is 2.20. The van der Waals surface area contributed by atoms with E-state index in [1.54, 1.807) is 0 Å². The molecule has 0 radical (unpaired) electrons. The summed E-state index contributed by atoms with van der Waals surface area (Å²) >= 11 is 0. The Bertz CT molecular complexity index is 1110.